The van der Waals surface area contributed by atoms with Gasteiger partial charge < -0.3 is 10.4 Å². The first-order valence-electron chi connectivity index (χ1n) is 8.50. The summed E-state index contributed by atoms with van der Waals surface area (Å²) in [6, 6.07) is 11.8. The maximum Gasteiger partial charge on any atom is 0.312 e. The number of hydrogen-bond acceptors (Lipinski definition) is 7. The number of aromatic hydroxyl groups is 1. The van der Waals surface area contributed by atoms with Crippen molar-refractivity contribution in [2.45, 2.75) is 11.8 Å². The van der Waals surface area contributed by atoms with Gasteiger partial charge in [-0.3, -0.25) is 19.6 Å². The molecule has 0 fully saturated rings. The van der Waals surface area contributed by atoms with Gasteiger partial charge in [-0.05, 0) is 61.0 Å². The minimum atomic E-state index is -4.15. The van der Waals surface area contributed by atoms with Gasteiger partial charge in [0.15, 0.2) is 5.75 Å². The molecule has 0 unspecified atom stereocenters. The minimum absolute atomic E-state index is 0.149. The Kier molecular flexibility index (Phi) is 5.65. The molecular weight excluding hydrogens is 412 g/mol. The van der Waals surface area contributed by atoms with Crippen molar-refractivity contribution in [3.63, 3.8) is 0 Å². The standard InChI is InChI=1S/C19H16N4O6S/c1-12-8-9-20-18(10-12)21-19(25)13-2-4-14(5-3-13)22-30(28,29)15-6-7-17(24)16(11-15)23(26)27/h2-11,22,24H,1H3,(H,20,21,25). The summed E-state index contributed by atoms with van der Waals surface area (Å²) in [4.78, 5) is 26.0. The predicted octanol–water partition coefficient (Wildman–Crippen LogP) is 3.06. The molecule has 0 radical (unpaired) electrons. The van der Waals surface area contributed by atoms with Crippen molar-refractivity contribution in [3.8, 4) is 5.75 Å². The van der Waals surface area contributed by atoms with Gasteiger partial charge in [-0.1, -0.05) is 0 Å². The number of amides is 1. The fourth-order valence-electron chi connectivity index (χ4n) is 2.51. The number of nitrogens with one attached hydrogen (secondary N) is 2. The molecule has 1 aromatic heterocycles. The second-order valence-electron chi connectivity index (χ2n) is 6.26. The molecule has 3 rings (SSSR count). The van der Waals surface area contributed by atoms with Gasteiger partial charge in [0.25, 0.3) is 15.9 Å². The molecule has 0 saturated heterocycles. The third kappa shape index (κ3) is 4.70. The number of carbonyl (C=O) groups is 1. The Hall–Kier alpha value is -3.99. The van der Waals surface area contributed by atoms with E-state index in [1.54, 1.807) is 18.3 Å². The fraction of sp³-hybridized carbons (Fsp3) is 0.0526. The van der Waals surface area contributed by atoms with Crippen LogP contribution in [0.2, 0.25) is 0 Å². The van der Waals surface area contributed by atoms with Gasteiger partial charge in [0.2, 0.25) is 0 Å². The third-order valence-corrected chi connectivity index (χ3v) is 5.39. The van der Waals surface area contributed by atoms with E-state index >= 15 is 0 Å². The molecule has 0 aliphatic heterocycles. The molecule has 0 aliphatic carbocycles. The SMILES string of the molecule is Cc1ccnc(NC(=O)c2ccc(NS(=O)(=O)c3ccc(O)c([N+](=O)[O-])c3)cc2)c1. The Balaban J connectivity index is 1.75. The van der Waals surface area contributed by atoms with Crippen molar-refractivity contribution >= 4 is 33.1 Å². The van der Waals surface area contributed by atoms with E-state index in [4.69, 9.17) is 0 Å². The van der Waals surface area contributed by atoms with Crippen LogP contribution >= 0.6 is 0 Å². The van der Waals surface area contributed by atoms with Crippen molar-refractivity contribution in [3.05, 3.63) is 82.0 Å². The molecule has 0 saturated carbocycles. The van der Waals surface area contributed by atoms with E-state index < -0.39 is 32.3 Å². The maximum absolute atomic E-state index is 12.5. The first-order valence-corrected chi connectivity index (χ1v) is 9.98. The quantitative estimate of drug-likeness (QED) is 0.403. The predicted molar refractivity (Wildman–Crippen MR) is 109 cm³/mol. The van der Waals surface area contributed by atoms with E-state index in [-0.39, 0.29) is 16.1 Å². The molecule has 11 heteroatoms. The largest absolute Gasteiger partial charge is 0.502 e. The fourth-order valence-corrected chi connectivity index (χ4v) is 3.59. The van der Waals surface area contributed by atoms with Crippen molar-refractivity contribution in [2.24, 2.45) is 0 Å². The van der Waals surface area contributed by atoms with Gasteiger partial charge in [0.1, 0.15) is 5.82 Å². The molecule has 2 aromatic carbocycles. The number of nitro benzene ring substituents is 1. The Morgan fingerprint density at radius 1 is 1.10 bits per heavy atom. The van der Waals surface area contributed by atoms with Gasteiger partial charge >= 0.3 is 5.69 Å². The number of phenolic OH excluding ortho intramolecular Hbond substituents is 1. The first kappa shape index (κ1) is 20.7. The summed E-state index contributed by atoms with van der Waals surface area (Å²) in [5.74, 6) is -0.673. The van der Waals surface area contributed by atoms with Crippen molar-refractivity contribution < 1.29 is 23.2 Å². The number of sulfonamides is 1. The van der Waals surface area contributed by atoms with E-state index in [1.807, 2.05) is 6.92 Å². The number of pyridine rings is 1. The summed E-state index contributed by atoms with van der Waals surface area (Å²) in [6.45, 7) is 1.86. The Morgan fingerprint density at radius 3 is 2.43 bits per heavy atom. The molecule has 154 valence electrons. The zero-order valence-corrected chi connectivity index (χ0v) is 16.4. The monoisotopic (exact) mass is 428 g/mol. The third-order valence-electron chi connectivity index (χ3n) is 4.01. The average molecular weight is 428 g/mol. The average Bonchev–Trinajstić information content (AvgIpc) is 2.68. The zero-order valence-electron chi connectivity index (χ0n) is 15.6. The van der Waals surface area contributed by atoms with Crippen LogP contribution in [0.25, 0.3) is 0 Å². The number of carbonyl (C=O) groups excluding carboxylic acids is 1. The van der Waals surface area contributed by atoms with Crippen LogP contribution in [0.5, 0.6) is 5.75 Å². The molecule has 0 spiro atoms. The maximum atomic E-state index is 12.5. The van der Waals surface area contributed by atoms with Crippen LogP contribution in [0.15, 0.2) is 65.7 Å². The number of nitro groups is 1. The molecule has 1 amide bonds. The van der Waals surface area contributed by atoms with E-state index in [1.165, 1.54) is 24.3 Å². The summed E-state index contributed by atoms with van der Waals surface area (Å²) in [5.41, 5.74) is 0.631. The van der Waals surface area contributed by atoms with Crippen LogP contribution in [0, 0.1) is 17.0 Å². The summed E-state index contributed by atoms with van der Waals surface area (Å²) in [5, 5.41) is 23.0. The van der Waals surface area contributed by atoms with E-state index in [2.05, 4.69) is 15.0 Å². The normalized spacial score (nSPS) is 11.0. The zero-order chi connectivity index (χ0) is 21.9. The van der Waals surface area contributed by atoms with Crippen LogP contribution in [-0.2, 0) is 10.0 Å². The summed E-state index contributed by atoms with van der Waals surface area (Å²) in [7, 11) is -4.15. The Morgan fingerprint density at radius 2 is 1.80 bits per heavy atom. The highest BCUT2D eigenvalue weighted by Gasteiger charge is 2.21. The first-order chi connectivity index (χ1) is 14.2. The van der Waals surface area contributed by atoms with Crippen molar-refractivity contribution in [1.29, 1.82) is 0 Å². The van der Waals surface area contributed by atoms with Crippen LogP contribution in [0.4, 0.5) is 17.2 Å². The number of phenols is 1. The number of aryl methyl sites for hydroxylation is 1. The molecule has 0 aliphatic rings. The summed E-state index contributed by atoms with van der Waals surface area (Å²) in [6.07, 6.45) is 1.57. The van der Waals surface area contributed by atoms with Gasteiger partial charge in [0.05, 0.1) is 9.82 Å². The van der Waals surface area contributed by atoms with E-state index in [0.717, 1.165) is 23.8 Å². The highest BCUT2D eigenvalue weighted by molar-refractivity contribution is 7.92. The van der Waals surface area contributed by atoms with Crippen LogP contribution in [0.1, 0.15) is 15.9 Å². The lowest BCUT2D eigenvalue weighted by Crippen LogP contribution is -2.15. The number of nitrogens with zero attached hydrogens (tertiary/aromatic N) is 2. The number of anilines is 2. The number of benzene rings is 2. The minimum Gasteiger partial charge on any atom is -0.502 e. The topological polar surface area (TPSA) is 152 Å². The van der Waals surface area contributed by atoms with Gasteiger partial charge in [-0.2, -0.15) is 0 Å². The molecule has 1 heterocycles. The second kappa shape index (κ2) is 8.17. The van der Waals surface area contributed by atoms with E-state index in [9.17, 15) is 28.4 Å². The van der Waals surface area contributed by atoms with Crippen LogP contribution in [0.3, 0.4) is 0 Å². The van der Waals surface area contributed by atoms with E-state index in [0.29, 0.717) is 5.82 Å². The second-order valence-corrected chi connectivity index (χ2v) is 7.95. The van der Waals surface area contributed by atoms with Crippen LogP contribution < -0.4 is 10.0 Å². The summed E-state index contributed by atoms with van der Waals surface area (Å²) >= 11 is 0. The lowest BCUT2D eigenvalue weighted by atomic mass is 10.2. The molecule has 0 atom stereocenters. The van der Waals surface area contributed by atoms with Crippen LogP contribution in [-0.4, -0.2) is 29.3 Å². The molecule has 30 heavy (non-hydrogen) atoms. The van der Waals surface area contributed by atoms with Gasteiger partial charge in [0, 0.05) is 23.5 Å². The Labute approximate surface area is 171 Å². The molecule has 10 nitrogen and oxygen atoms in total. The highest BCUT2D eigenvalue weighted by Crippen LogP contribution is 2.29. The highest BCUT2D eigenvalue weighted by atomic mass is 32.2. The number of rotatable bonds is 6. The lowest BCUT2D eigenvalue weighted by molar-refractivity contribution is -0.386. The molecule has 3 N–H and O–H groups in total. The Bertz CT molecular complexity index is 1230. The number of aromatic nitrogens is 1. The number of hydrogen-bond donors (Lipinski definition) is 3. The van der Waals surface area contributed by atoms with Crippen molar-refractivity contribution in [1.82, 2.24) is 4.98 Å². The summed E-state index contributed by atoms with van der Waals surface area (Å²) < 4.78 is 27.2. The lowest BCUT2D eigenvalue weighted by Gasteiger charge is -2.09. The van der Waals surface area contributed by atoms with Gasteiger partial charge in [-0.15, -0.1) is 0 Å². The molecular formula is C19H16N4O6S. The molecule has 0 bridgehead atoms. The van der Waals surface area contributed by atoms with Gasteiger partial charge in [-0.25, -0.2) is 13.4 Å². The smallest absolute Gasteiger partial charge is 0.312 e. The molecule has 3 aromatic rings. The van der Waals surface area contributed by atoms with Crippen molar-refractivity contribution in [2.75, 3.05) is 10.0 Å².